The lowest BCUT2D eigenvalue weighted by Gasteiger charge is -2.12. The molecule has 132 valence electrons. The molecule has 0 bridgehead atoms. The molecule has 2 N–H and O–H groups in total. The first-order chi connectivity index (χ1) is 12.3. The molecule has 1 atom stereocenters. The SMILES string of the molecule is CCOc1ccccc1NC(=O)c1cnc(NCC2CCCO2)cn1. The number of carbonyl (C=O) groups is 1. The number of para-hydroxylation sites is 2. The van der Waals surface area contributed by atoms with E-state index >= 15 is 0 Å². The summed E-state index contributed by atoms with van der Waals surface area (Å²) in [4.78, 5) is 20.8. The summed E-state index contributed by atoms with van der Waals surface area (Å²) in [6.07, 6.45) is 5.38. The van der Waals surface area contributed by atoms with Crippen LogP contribution in [0.3, 0.4) is 0 Å². The Bertz CT molecular complexity index is 700. The molecule has 0 aliphatic carbocycles. The zero-order valence-corrected chi connectivity index (χ0v) is 14.2. The van der Waals surface area contributed by atoms with Gasteiger partial charge in [-0.3, -0.25) is 4.79 Å². The predicted octanol–water partition coefficient (Wildman–Crippen LogP) is 2.72. The Kier molecular flexibility index (Phi) is 5.79. The molecule has 1 aromatic heterocycles. The molecule has 1 aromatic carbocycles. The van der Waals surface area contributed by atoms with Crippen LogP contribution in [0.4, 0.5) is 11.5 Å². The maximum atomic E-state index is 12.3. The van der Waals surface area contributed by atoms with E-state index < -0.39 is 0 Å². The number of ether oxygens (including phenoxy) is 2. The monoisotopic (exact) mass is 342 g/mol. The van der Waals surface area contributed by atoms with E-state index in [0.717, 1.165) is 19.4 Å². The number of hydrogen-bond acceptors (Lipinski definition) is 6. The number of carbonyl (C=O) groups excluding carboxylic acids is 1. The van der Waals surface area contributed by atoms with Crippen LogP contribution in [0, 0.1) is 0 Å². The quantitative estimate of drug-likeness (QED) is 0.805. The molecule has 1 saturated heterocycles. The average Bonchev–Trinajstić information content (AvgIpc) is 3.16. The Labute approximate surface area is 146 Å². The largest absolute Gasteiger partial charge is 0.492 e. The molecule has 0 spiro atoms. The molecule has 7 nitrogen and oxygen atoms in total. The van der Waals surface area contributed by atoms with Crippen molar-refractivity contribution in [2.45, 2.75) is 25.9 Å². The summed E-state index contributed by atoms with van der Waals surface area (Å²) in [5, 5.41) is 5.98. The van der Waals surface area contributed by atoms with Crippen LogP contribution in [-0.4, -0.2) is 41.7 Å². The lowest BCUT2D eigenvalue weighted by molar-refractivity contribution is 0.102. The molecule has 1 fully saturated rings. The number of hydrogen-bond donors (Lipinski definition) is 2. The van der Waals surface area contributed by atoms with Crippen LogP contribution < -0.4 is 15.4 Å². The van der Waals surface area contributed by atoms with E-state index in [4.69, 9.17) is 9.47 Å². The standard InChI is InChI=1S/C18H22N4O3/c1-2-24-16-8-4-3-7-14(16)22-18(23)15-11-21-17(12-19-15)20-10-13-6-5-9-25-13/h3-4,7-8,11-13H,2,5-6,9-10H2,1H3,(H,20,21)(H,22,23). The van der Waals surface area contributed by atoms with Gasteiger partial charge in [-0.25, -0.2) is 9.97 Å². The third kappa shape index (κ3) is 4.67. The first-order valence-electron chi connectivity index (χ1n) is 8.47. The van der Waals surface area contributed by atoms with E-state index in [1.165, 1.54) is 6.20 Å². The average molecular weight is 342 g/mol. The number of nitrogens with zero attached hydrogens (tertiary/aromatic N) is 2. The molecule has 0 radical (unpaired) electrons. The van der Waals surface area contributed by atoms with Crippen molar-refractivity contribution in [3.05, 3.63) is 42.4 Å². The van der Waals surface area contributed by atoms with Gasteiger partial charge >= 0.3 is 0 Å². The molecule has 2 aromatic rings. The van der Waals surface area contributed by atoms with E-state index in [9.17, 15) is 4.79 Å². The van der Waals surface area contributed by atoms with E-state index in [2.05, 4.69) is 20.6 Å². The molecule has 1 aliphatic heterocycles. The zero-order chi connectivity index (χ0) is 17.5. The first kappa shape index (κ1) is 17.2. The van der Waals surface area contributed by atoms with Gasteiger partial charge in [0, 0.05) is 13.2 Å². The summed E-state index contributed by atoms with van der Waals surface area (Å²) < 4.78 is 11.0. The summed E-state index contributed by atoms with van der Waals surface area (Å²) in [7, 11) is 0. The van der Waals surface area contributed by atoms with Gasteiger partial charge in [-0.15, -0.1) is 0 Å². The van der Waals surface area contributed by atoms with Gasteiger partial charge in [-0.05, 0) is 31.9 Å². The minimum absolute atomic E-state index is 0.222. The highest BCUT2D eigenvalue weighted by Gasteiger charge is 2.15. The first-order valence-corrected chi connectivity index (χ1v) is 8.47. The van der Waals surface area contributed by atoms with E-state index in [1.807, 2.05) is 25.1 Å². The highest BCUT2D eigenvalue weighted by molar-refractivity contribution is 6.03. The molecule has 25 heavy (non-hydrogen) atoms. The maximum Gasteiger partial charge on any atom is 0.275 e. The van der Waals surface area contributed by atoms with Gasteiger partial charge in [0.1, 0.15) is 17.3 Å². The minimum Gasteiger partial charge on any atom is -0.492 e. The van der Waals surface area contributed by atoms with E-state index in [-0.39, 0.29) is 17.7 Å². The van der Waals surface area contributed by atoms with Crippen molar-refractivity contribution in [3.63, 3.8) is 0 Å². The summed E-state index contributed by atoms with van der Waals surface area (Å²) in [5.41, 5.74) is 0.853. The molecule has 3 rings (SSSR count). The molecule has 7 heteroatoms. The van der Waals surface area contributed by atoms with Crippen LogP contribution in [0.25, 0.3) is 0 Å². The maximum absolute atomic E-state index is 12.3. The molecule has 1 amide bonds. The van der Waals surface area contributed by atoms with Crippen molar-refractivity contribution in [2.24, 2.45) is 0 Å². The fourth-order valence-electron chi connectivity index (χ4n) is 2.60. The Morgan fingerprint density at radius 1 is 1.32 bits per heavy atom. The number of benzene rings is 1. The van der Waals surface area contributed by atoms with Crippen LogP contribution in [0.1, 0.15) is 30.3 Å². The zero-order valence-electron chi connectivity index (χ0n) is 14.2. The minimum atomic E-state index is -0.328. The van der Waals surface area contributed by atoms with Crippen LogP contribution in [0.15, 0.2) is 36.7 Å². The Hall–Kier alpha value is -2.67. The number of anilines is 2. The summed E-state index contributed by atoms with van der Waals surface area (Å²) in [6.45, 7) is 3.94. The highest BCUT2D eigenvalue weighted by Crippen LogP contribution is 2.24. The highest BCUT2D eigenvalue weighted by atomic mass is 16.5. The topological polar surface area (TPSA) is 85.4 Å². The van der Waals surface area contributed by atoms with Gasteiger partial charge in [0.2, 0.25) is 0 Å². The van der Waals surface area contributed by atoms with Gasteiger partial charge in [-0.1, -0.05) is 12.1 Å². The predicted molar refractivity (Wildman–Crippen MR) is 95.1 cm³/mol. The molecule has 1 unspecified atom stereocenters. The van der Waals surface area contributed by atoms with Crippen LogP contribution in [-0.2, 0) is 4.74 Å². The van der Waals surface area contributed by atoms with Gasteiger partial charge in [0.05, 0.1) is 30.8 Å². The van der Waals surface area contributed by atoms with Crippen molar-refractivity contribution in [2.75, 3.05) is 30.4 Å². The van der Waals surface area contributed by atoms with Crippen LogP contribution in [0.5, 0.6) is 5.75 Å². The molecule has 2 heterocycles. The van der Waals surface area contributed by atoms with Gasteiger partial charge in [0.15, 0.2) is 0 Å². The molecular formula is C18H22N4O3. The Balaban J connectivity index is 1.59. The van der Waals surface area contributed by atoms with Crippen LogP contribution >= 0.6 is 0 Å². The Morgan fingerprint density at radius 2 is 2.20 bits per heavy atom. The number of aromatic nitrogens is 2. The third-order valence-corrected chi connectivity index (χ3v) is 3.85. The fraction of sp³-hybridized carbons (Fsp3) is 0.389. The number of rotatable bonds is 7. The second kappa shape index (κ2) is 8.43. The van der Waals surface area contributed by atoms with E-state index in [1.54, 1.807) is 12.3 Å². The number of nitrogens with one attached hydrogen (secondary N) is 2. The molecule has 1 aliphatic rings. The summed E-state index contributed by atoms with van der Waals surface area (Å²) >= 11 is 0. The smallest absolute Gasteiger partial charge is 0.275 e. The van der Waals surface area contributed by atoms with Crippen molar-refractivity contribution in [1.29, 1.82) is 0 Å². The van der Waals surface area contributed by atoms with Crippen molar-refractivity contribution in [3.8, 4) is 5.75 Å². The normalized spacial score (nSPS) is 16.4. The second-order valence-electron chi connectivity index (χ2n) is 5.69. The van der Waals surface area contributed by atoms with Crippen LogP contribution in [0.2, 0.25) is 0 Å². The van der Waals surface area contributed by atoms with Crippen molar-refractivity contribution in [1.82, 2.24) is 9.97 Å². The fourth-order valence-corrected chi connectivity index (χ4v) is 2.60. The van der Waals surface area contributed by atoms with Crippen molar-refractivity contribution < 1.29 is 14.3 Å². The lowest BCUT2D eigenvalue weighted by Crippen LogP contribution is -2.19. The third-order valence-electron chi connectivity index (χ3n) is 3.85. The van der Waals surface area contributed by atoms with Crippen molar-refractivity contribution >= 4 is 17.4 Å². The molecule has 0 saturated carbocycles. The summed E-state index contributed by atoms with van der Waals surface area (Å²) in [6, 6.07) is 7.29. The summed E-state index contributed by atoms with van der Waals surface area (Å²) in [5.74, 6) is 0.924. The lowest BCUT2D eigenvalue weighted by atomic mass is 10.2. The Morgan fingerprint density at radius 3 is 2.92 bits per heavy atom. The second-order valence-corrected chi connectivity index (χ2v) is 5.69. The van der Waals surface area contributed by atoms with E-state index in [0.29, 0.717) is 30.4 Å². The molecular weight excluding hydrogens is 320 g/mol. The number of amides is 1. The van der Waals surface area contributed by atoms with Gasteiger partial charge in [0.25, 0.3) is 5.91 Å². The van der Waals surface area contributed by atoms with Gasteiger partial charge in [-0.2, -0.15) is 0 Å². The van der Waals surface area contributed by atoms with Gasteiger partial charge < -0.3 is 20.1 Å².